The maximum Gasteiger partial charge on any atom is 0.0724 e. The molecule has 0 saturated carbocycles. The van der Waals surface area contributed by atoms with Crippen LogP contribution in [0.25, 0.3) is 0 Å². The molecule has 0 aliphatic rings. The maximum atomic E-state index is 4.39. The molecule has 0 spiro atoms. The van der Waals surface area contributed by atoms with Gasteiger partial charge in [0.05, 0.1) is 11.7 Å². The molecule has 1 heterocycles. The molecule has 0 bridgehead atoms. The minimum absolute atomic E-state index is 0.0552. The second-order valence-corrected chi connectivity index (χ2v) is 5.82. The fourth-order valence-electron chi connectivity index (χ4n) is 1.41. The molecule has 1 N–H and O–H groups in total. The average molecular weight is 295 g/mol. The number of pyridine rings is 1. The van der Waals surface area contributed by atoms with Crippen molar-refractivity contribution in [2.45, 2.75) is 33.2 Å². The fourth-order valence-corrected chi connectivity index (χ4v) is 1.94. The number of halogens is 1. The summed E-state index contributed by atoms with van der Waals surface area (Å²) in [6.07, 6.45) is 2.57. The summed E-state index contributed by atoms with van der Waals surface area (Å²) in [6, 6.07) is 4.09. The summed E-state index contributed by atoms with van der Waals surface area (Å²) in [7, 11) is 1.94. The highest BCUT2D eigenvalue weighted by atomic mass is 79.9. The summed E-state index contributed by atoms with van der Waals surface area (Å²) in [4.78, 5) is 4.39. The van der Waals surface area contributed by atoms with Gasteiger partial charge in [0.2, 0.25) is 0 Å². The van der Waals surface area contributed by atoms with Crippen LogP contribution in [0, 0.1) is 17.3 Å². The Labute approximate surface area is 112 Å². The molecule has 2 nitrogen and oxygen atoms in total. The van der Waals surface area contributed by atoms with Crippen LogP contribution in [0.15, 0.2) is 22.8 Å². The summed E-state index contributed by atoms with van der Waals surface area (Å²) in [5.74, 6) is 6.47. The van der Waals surface area contributed by atoms with Crippen LogP contribution in [-0.4, -0.2) is 12.0 Å². The summed E-state index contributed by atoms with van der Waals surface area (Å²) >= 11 is 3.52. The van der Waals surface area contributed by atoms with Gasteiger partial charge >= 0.3 is 0 Å². The summed E-state index contributed by atoms with van der Waals surface area (Å²) in [6.45, 7) is 6.35. The van der Waals surface area contributed by atoms with E-state index in [0.29, 0.717) is 0 Å². The van der Waals surface area contributed by atoms with Gasteiger partial charge in [-0.05, 0) is 55.9 Å². The Morgan fingerprint density at radius 2 is 2.18 bits per heavy atom. The number of aromatic nitrogens is 1. The predicted octanol–water partition coefficient (Wildman–Crippen LogP) is 3.54. The molecule has 0 aromatic carbocycles. The highest BCUT2D eigenvalue weighted by Crippen LogP contribution is 2.22. The van der Waals surface area contributed by atoms with Gasteiger partial charge in [-0.2, -0.15) is 0 Å². The quantitative estimate of drug-likeness (QED) is 0.863. The van der Waals surface area contributed by atoms with Crippen molar-refractivity contribution in [3.8, 4) is 11.8 Å². The van der Waals surface area contributed by atoms with Gasteiger partial charge in [-0.3, -0.25) is 4.98 Å². The van der Waals surface area contributed by atoms with Crippen molar-refractivity contribution in [3.63, 3.8) is 0 Å². The van der Waals surface area contributed by atoms with Crippen LogP contribution in [0.2, 0.25) is 0 Å². The molecule has 1 aromatic heterocycles. The molecule has 0 aliphatic carbocycles. The van der Waals surface area contributed by atoms with E-state index in [1.165, 1.54) is 0 Å². The molecular weight excluding hydrogens is 276 g/mol. The fraction of sp³-hybridized carbons (Fsp3) is 0.500. The highest BCUT2D eigenvalue weighted by Gasteiger charge is 2.12. The van der Waals surface area contributed by atoms with Gasteiger partial charge in [-0.15, -0.1) is 5.92 Å². The standard InChI is InChI=1S/C14H19BrN2/c1-14(2,3)9-5-8-12(16-4)13-11(15)7-6-10-17-13/h6-7,10,12,16H,8H2,1-4H3. The molecule has 1 unspecified atom stereocenters. The van der Waals surface area contributed by atoms with Crippen molar-refractivity contribution in [1.82, 2.24) is 10.3 Å². The number of hydrogen-bond acceptors (Lipinski definition) is 2. The molecule has 1 aromatic rings. The molecule has 0 saturated heterocycles. The highest BCUT2D eigenvalue weighted by molar-refractivity contribution is 9.10. The number of hydrogen-bond donors (Lipinski definition) is 1. The smallest absolute Gasteiger partial charge is 0.0724 e. The third-order valence-electron chi connectivity index (χ3n) is 2.24. The topological polar surface area (TPSA) is 24.9 Å². The minimum Gasteiger partial charge on any atom is -0.311 e. The minimum atomic E-state index is 0.0552. The van der Waals surface area contributed by atoms with E-state index in [1.807, 2.05) is 25.4 Å². The molecule has 17 heavy (non-hydrogen) atoms. The third kappa shape index (κ3) is 4.89. The molecule has 0 amide bonds. The molecule has 0 radical (unpaired) electrons. The van der Waals surface area contributed by atoms with Crippen LogP contribution in [0.5, 0.6) is 0 Å². The zero-order valence-corrected chi connectivity index (χ0v) is 12.4. The van der Waals surface area contributed by atoms with Crippen molar-refractivity contribution in [1.29, 1.82) is 0 Å². The lowest BCUT2D eigenvalue weighted by Gasteiger charge is -2.14. The van der Waals surface area contributed by atoms with Gasteiger partial charge in [0.25, 0.3) is 0 Å². The van der Waals surface area contributed by atoms with Gasteiger partial charge in [-0.1, -0.05) is 5.92 Å². The molecule has 1 atom stereocenters. The first-order chi connectivity index (χ1) is 7.94. The van der Waals surface area contributed by atoms with Gasteiger partial charge in [0.15, 0.2) is 0 Å². The number of nitrogens with zero attached hydrogens (tertiary/aromatic N) is 1. The molecule has 3 heteroatoms. The Hall–Kier alpha value is -0.850. The third-order valence-corrected chi connectivity index (χ3v) is 2.91. The van der Waals surface area contributed by atoms with Crippen LogP contribution in [-0.2, 0) is 0 Å². The largest absolute Gasteiger partial charge is 0.311 e. The van der Waals surface area contributed by atoms with Crippen LogP contribution < -0.4 is 5.32 Å². The predicted molar refractivity (Wildman–Crippen MR) is 75.6 cm³/mol. The Balaban J connectivity index is 2.79. The van der Waals surface area contributed by atoms with E-state index in [-0.39, 0.29) is 11.5 Å². The van der Waals surface area contributed by atoms with E-state index >= 15 is 0 Å². The van der Waals surface area contributed by atoms with Crippen molar-refractivity contribution >= 4 is 15.9 Å². The summed E-state index contributed by atoms with van der Waals surface area (Å²) < 4.78 is 1.02. The van der Waals surface area contributed by atoms with Gasteiger partial charge in [0, 0.05) is 22.5 Å². The number of rotatable bonds is 3. The van der Waals surface area contributed by atoms with Crippen molar-refractivity contribution in [2.75, 3.05) is 7.05 Å². The van der Waals surface area contributed by atoms with E-state index in [0.717, 1.165) is 16.6 Å². The maximum absolute atomic E-state index is 4.39. The molecule has 0 fully saturated rings. The van der Waals surface area contributed by atoms with E-state index in [1.54, 1.807) is 0 Å². The lowest BCUT2D eigenvalue weighted by molar-refractivity contribution is 0.563. The Morgan fingerprint density at radius 1 is 1.47 bits per heavy atom. The second-order valence-electron chi connectivity index (χ2n) is 4.97. The summed E-state index contributed by atoms with van der Waals surface area (Å²) in [5.41, 5.74) is 1.07. The second kappa shape index (κ2) is 6.18. The Bertz CT molecular complexity index is 424. The van der Waals surface area contributed by atoms with E-state index in [2.05, 4.69) is 58.8 Å². The molecule has 92 valence electrons. The van der Waals surface area contributed by atoms with Gasteiger partial charge in [0.1, 0.15) is 0 Å². The molecule has 0 aliphatic heterocycles. The zero-order valence-electron chi connectivity index (χ0n) is 10.8. The van der Waals surface area contributed by atoms with E-state index in [9.17, 15) is 0 Å². The van der Waals surface area contributed by atoms with Gasteiger partial charge < -0.3 is 5.32 Å². The Kier molecular flexibility index (Phi) is 5.17. The normalized spacial score (nSPS) is 12.8. The first kappa shape index (κ1) is 14.2. The lowest BCUT2D eigenvalue weighted by atomic mass is 9.97. The monoisotopic (exact) mass is 294 g/mol. The Morgan fingerprint density at radius 3 is 2.71 bits per heavy atom. The van der Waals surface area contributed by atoms with E-state index < -0.39 is 0 Å². The molecule has 1 rings (SSSR count). The zero-order chi connectivity index (χ0) is 12.9. The average Bonchev–Trinajstić information content (AvgIpc) is 2.24. The van der Waals surface area contributed by atoms with Crippen molar-refractivity contribution in [3.05, 3.63) is 28.5 Å². The van der Waals surface area contributed by atoms with Gasteiger partial charge in [-0.25, -0.2) is 0 Å². The van der Waals surface area contributed by atoms with Crippen LogP contribution in [0.3, 0.4) is 0 Å². The van der Waals surface area contributed by atoms with Crippen LogP contribution >= 0.6 is 15.9 Å². The van der Waals surface area contributed by atoms with Crippen LogP contribution in [0.4, 0.5) is 0 Å². The SMILES string of the molecule is CNC(CC#CC(C)(C)C)c1ncccc1Br. The van der Waals surface area contributed by atoms with Crippen molar-refractivity contribution < 1.29 is 0 Å². The van der Waals surface area contributed by atoms with Crippen molar-refractivity contribution in [2.24, 2.45) is 5.41 Å². The first-order valence-electron chi connectivity index (χ1n) is 5.72. The van der Waals surface area contributed by atoms with E-state index in [4.69, 9.17) is 0 Å². The summed E-state index contributed by atoms with van der Waals surface area (Å²) in [5, 5.41) is 3.25. The molecular formula is C14H19BrN2. The van der Waals surface area contributed by atoms with Crippen LogP contribution in [0.1, 0.15) is 38.9 Å². The lowest BCUT2D eigenvalue weighted by Crippen LogP contribution is -2.17. The first-order valence-corrected chi connectivity index (χ1v) is 6.51. The number of nitrogens with one attached hydrogen (secondary N) is 1.